The van der Waals surface area contributed by atoms with E-state index in [2.05, 4.69) is 23.6 Å². The number of fused-ring (bicyclic) bond motifs is 3. The van der Waals surface area contributed by atoms with Crippen LogP contribution in [0.3, 0.4) is 0 Å². The van der Waals surface area contributed by atoms with Gasteiger partial charge in [0.05, 0.1) is 5.39 Å². The molecule has 5 nitrogen and oxygen atoms in total. The summed E-state index contributed by atoms with van der Waals surface area (Å²) in [5.74, 6) is 3.57. The Labute approximate surface area is 183 Å². The third kappa shape index (κ3) is 3.72. The Kier molecular flexibility index (Phi) is 5.69. The van der Waals surface area contributed by atoms with Gasteiger partial charge in [0.2, 0.25) is 5.91 Å². The van der Waals surface area contributed by atoms with Gasteiger partial charge in [0, 0.05) is 43.4 Å². The number of thiophene rings is 1. The van der Waals surface area contributed by atoms with E-state index in [9.17, 15) is 4.79 Å². The predicted molar refractivity (Wildman–Crippen MR) is 123 cm³/mol. The lowest BCUT2D eigenvalue weighted by Crippen LogP contribution is -2.50. The molecule has 0 bridgehead atoms. The van der Waals surface area contributed by atoms with Gasteiger partial charge >= 0.3 is 0 Å². The molecule has 3 heterocycles. The van der Waals surface area contributed by atoms with Crippen LogP contribution in [0, 0.1) is 11.8 Å². The van der Waals surface area contributed by atoms with Crippen LogP contribution in [0.2, 0.25) is 0 Å². The molecular weight excluding hydrogens is 392 g/mol. The molecule has 30 heavy (non-hydrogen) atoms. The first kappa shape index (κ1) is 20.2. The van der Waals surface area contributed by atoms with Gasteiger partial charge in [-0.3, -0.25) is 4.79 Å². The molecule has 2 aromatic rings. The van der Waals surface area contributed by atoms with E-state index < -0.39 is 0 Å². The predicted octanol–water partition coefficient (Wildman–Crippen LogP) is 4.61. The molecule has 1 aliphatic heterocycles. The maximum Gasteiger partial charge on any atom is 0.225 e. The van der Waals surface area contributed by atoms with Crippen LogP contribution in [0.1, 0.15) is 68.6 Å². The molecule has 1 saturated carbocycles. The average molecular weight is 427 g/mol. The van der Waals surface area contributed by atoms with E-state index in [0.717, 1.165) is 75.8 Å². The molecule has 6 heteroatoms. The summed E-state index contributed by atoms with van der Waals surface area (Å²) in [7, 11) is 0. The number of aromatic nitrogens is 2. The molecule has 1 amide bonds. The van der Waals surface area contributed by atoms with Crippen molar-refractivity contribution < 1.29 is 4.79 Å². The van der Waals surface area contributed by atoms with Crippen molar-refractivity contribution in [1.82, 2.24) is 14.9 Å². The molecule has 1 unspecified atom stereocenters. The Morgan fingerprint density at radius 2 is 1.87 bits per heavy atom. The summed E-state index contributed by atoms with van der Waals surface area (Å²) in [4.78, 5) is 30.2. The van der Waals surface area contributed by atoms with Crippen LogP contribution < -0.4 is 4.90 Å². The van der Waals surface area contributed by atoms with Crippen LogP contribution in [0.15, 0.2) is 0 Å². The zero-order valence-electron chi connectivity index (χ0n) is 18.5. The monoisotopic (exact) mass is 426 g/mol. The van der Waals surface area contributed by atoms with E-state index in [1.165, 1.54) is 46.3 Å². The minimum absolute atomic E-state index is 0.282. The van der Waals surface area contributed by atoms with Gasteiger partial charge in [-0.15, -0.1) is 11.3 Å². The highest BCUT2D eigenvalue weighted by molar-refractivity contribution is 7.19. The number of hydrogen-bond acceptors (Lipinski definition) is 5. The highest BCUT2D eigenvalue weighted by atomic mass is 32.1. The van der Waals surface area contributed by atoms with Crippen LogP contribution in [0.25, 0.3) is 10.2 Å². The lowest BCUT2D eigenvalue weighted by molar-refractivity contribution is -0.135. The molecule has 0 aromatic carbocycles. The van der Waals surface area contributed by atoms with Gasteiger partial charge in [0.25, 0.3) is 0 Å². The number of carbonyl (C=O) groups excluding carboxylic acids is 1. The molecule has 2 fully saturated rings. The largest absolute Gasteiger partial charge is 0.352 e. The second kappa shape index (κ2) is 8.45. The molecule has 0 N–H and O–H groups in total. The number of nitrogens with zero attached hydrogens (tertiary/aromatic N) is 4. The smallest absolute Gasteiger partial charge is 0.225 e. The minimum Gasteiger partial charge on any atom is -0.352 e. The minimum atomic E-state index is 0.282. The number of hydrogen-bond donors (Lipinski definition) is 0. The molecule has 0 spiro atoms. The normalized spacial score (nSPS) is 22.7. The Bertz CT molecular complexity index is 925. The number of piperazine rings is 1. The van der Waals surface area contributed by atoms with Crippen LogP contribution in [-0.2, 0) is 24.1 Å². The van der Waals surface area contributed by atoms with Gasteiger partial charge in [0.15, 0.2) is 0 Å². The van der Waals surface area contributed by atoms with Gasteiger partial charge < -0.3 is 9.80 Å². The maximum atomic E-state index is 12.9. The quantitative estimate of drug-likeness (QED) is 0.716. The number of amides is 1. The van der Waals surface area contributed by atoms with Gasteiger partial charge in [0.1, 0.15) is 16.5 Å². The summed E-state index contributed by atoms with van der Waals surface area (Å²) in [6.45, 7) is 7.99. The fraction of sp³-hybridized carbons (Fsp3) is 0.708. The molecule has 0 radical (unpaired) electrons. The molecule has 2 aliphatic carbocycles. The first-order valence-electron chi connectivity index (χ1n) is 12.0. The maximum absolute atomic E-state index is 12.9. The summed E-state index contributed by atoms with van der Waals surface area (Å²) >= 11 is 1.90. The van der Waals surface area contributed by atoms with Crippen molar-refractivity contribution in [2.24, 2.45) is 11.8 Å². The molecule has 5 rings (SSSR count). The van der Waals surface area contributed by atoms with Gasteiger partial charge in [-0.05, 0) is 50.0 Å². The molecule has 1 atom stereocenters. The summed E-state index contributed by atoms with van der Waals surface area (Å²) in [6, 6.07) is 0. The SMILES string of the molecule is CCCc1nc(N2CCN(C(=O)C3CCCC3)CC2)c2c3c(sc2n1)CC(C)CC3. The van der Waals surface area contributed by atoms with Gasteiger partial charge in [-0.2, -0.15) is 0 Å². The number of aryl methyl sites for hydroxylation is 2. The lowest BCUT2D eigenvalue weighted by Gasteiger charge is -2.37. The Balaban J connectivity index is 1.42. The zero-order valence-corrected chi connectivity index (χ0v) is 19.3. The second-order valence-corrected chi connectivity index (χ2v) is 10.6. The van der Waals surface area contributed by atoms with Gasteiger partial charge in [-0.1, -0.05) is 26.7 Å². The van der Waals surface area contributed by atoms with E-state index in [1.807, 2.05) is 11.3 Å². The van der Waals surface area contributed by atoms with E-state index in [4.69, 9.17) is 9.97 Å². The Morgan fingerprint density at radius 1 is 1.10 bits per heavy atom. The number of rotatable bonds is 4. The van der Waals surface area contributed by atoms with Crippen molar-refractivity contribution in [1.29, 1.82) is 0 Å². The van der Waals surface area contributed by atoms with E-state index in [1.54, 1.807) is 0 Å². The standard InChI is InChI=1S/C24H34N4OS/c1-3-6-20-25-22(21-18-10-9-16(2)15-19(18)30-23(21)26-20)27-11-13-28(14-12-27)24(29)17-7-4-5-8-17/h16-17H,3-15H2,1-2H3. The summed E-state index contributed by atoms with van der Waals surface area (Å²) in [6.07, 6.45) is 10.2. The fourth-order valence-corrected chi connectivity index (χ4v) is 6.90. The van der Waals surface area contributed by atoms with Crippen LogP contribution in [0.5, 0.6) is 0 Å². The van der Waals surface area contributed by atoms with Crippen molar-refractivity contribution in [2.45, 2.75) is 71.6 Å². The van der Waals surface area contributed by atoms with Gasteiger partial charge in [-0.25, -0.2) is 9.97 Å². The van der Waals surface area contributed by atoms with Crippen LogP contribution in [0.4, 0.5) is 5.82 Å². The first-order valence-corrected chi connectivity index (χ1v) is 12.8. The zero-order chi connectivity index (χ0) is 20.7. The summed E-state index contributed by atoms with van der Waals surface area (Å²) < 4.78 is 0. The fourth-order valence-electron chi connectivity index (χ4n) is 5.50. The average Bonchev–Trinajstić information content (AvgIpc) is 3.40. The molecular formula is C24H34N4OS. The van der Waals surface area contributed by atoms with E-state index in [-0.39, 0.29) is 5.92 Å². The third-order valence-corrected chi connectivity index (χ3v) is 8.40. The van der Waals surface area contributed by atoms with Crippen molar-refractivity contribution in [3.8, 4) is 0 Å². The number of anilines is 1. The van der Waals surface area contributed by atoms with Crippen molar-refractivity contribution in [2.75, 3.05) is 31.1 Å². The Hall–Kier alpha value is -1.69. The summed E-state index contributed by atoms with van der Waals surface area (Å²) in [5.41, 5.74) is 1.51. The van der Waals surface area contributed by atoms with E-state index >= 15 is 0 Å². The van der Waals surface area contributed by atoms with Crippen LogP contribution in [-0.4, -0.2) is 47.0 Å². The number of carbonyl (C=O) groups is 1. The topological polar surface area (TPSA) is 49.3 Å². The molecule has 1 saturated heterocycles. The second-order valence-electron chi connectivity index (χ2n) is 9.54. The van der Waals surface area contributed by atoms with Crippen molar-refractivity contribution >= 4 is 33.3 Å². The lowest BCUT2D eigenvalue weighted by atomic mass is 9.89. The summed E-state index contributed by atoms with van der Waals surface area (Å²) in [5, 5.41) is 1.32. The van der Waals surface area contributed by atoms with Crippen molar-refractivity contribution in [3.05, 3.63) is 16.3 Å². The van der Waals surface area contributed by atoms with Crippen molar-refractivity contribution in [3.63, 3.8) is 0 Å². The third-order valence-electron chi connectivity index (χ3n) is 7.25. The molecule has 162 valence electrons. The Morgan fingerprint density at radius 3 is 2.60 bits per heavy atom. The van der Waals surface area contributed by atoms with Crippen LogP contribution >= 0.6 is 11.3 Å². The highest BCUT2D eigenvalue weighted by Crippen LogP contribution is 2.41. The van der Waals surface area contributed by atoms with E-state index in [0.29, 0.717) is 5.91 Å². The highest BCUT2D eigenvalue weighted by Gasteiger charge is 2.31. The first-order chi connectivity index (χ1) is 14.6. The molecule has 2 aromatic heterocycles. The molecule has 3 aliphatic rings.